The number of nitrogens with one attached hydrogen (secondary N) is 1. The van der Waals surface area contributed by atoms with Crippen LogP contribution in [0.2, 0.25) is 0 Å². The number of nitrogens with zero attached hydrogens (tertiary/aromatic N) is 1. The first-order valence-electron chi connectivity index (χ1n) is 5.71. The second-order valence-electron chi connectivity index (χ2n) is 3.76. The van der Waals surface area contributed by atoms with E-state index >= 15 is 0 Å². The van der Waals surface area contributed by atoms with Crippen molar-refractivity contribution in [1.29, 1.82) is 0 Å². The van der Waals surface area contributed by atoms with E-state index in [1.165, 1.54) is 0 Å². The van der Waals surface area contributed by atoms with Crippen LogP contribution in [0.25, 0.3) is 18.2 Å². The van der Waals surface area contributed by atoms with Crippen LogP contribution in [0.5, 0.6) is 0 Å². The molecule has 1 N–H and O–H groups in total. The average molecular weight is 239 g/mol. The normalized spacial score (nSPS) is 8.94. The van der Waals surface area contributed by atoms with Gasteiger partial charge in [-0.1, -0.05) is 31.9 Å². The van der Waals surface area contributed by atoms with Gasteiger partial charge in [0, 0.05) is 24.0 Å². The summed E-state index contributed by atoms with van der Waals surface area (Å²) in [6.07, 6.45) is 11.3. The van der Waals surface area contributed by atoms with Gasteiger partial charge in [-0.25, -0.2) is 4.57 Å². The third-order valence-corrected chi connectivity index (χ3v) is 2.48. The molecule has 0 aliphatic heterocycles. The molecule has 0 atom stereocenters. The van der Waals surface area contributed by atoms with E-state index in [0.29, 0.717) is 0 Å². The summed E-state index contributed by atoms with van der Waals surface area (Å²) in [5.41, 5.74) is 3.29. The molecule has 0 spiro atoms. The lowest BCUT2D eigenvalue weighted by atomic mass is 10.2. The molecule has 0 radical (unpaired) electrons. The van der Waals surface area contributed by atoms with Crippen LogP contribution in [-0.2, 0) is 7.05 Å². The van der Waals surface area contributed by atoms with Crippen molar-refractivity contribution in [3.63, 3.8) is 0 Å². The van der Waals surface area contributed by atoms with E-state index in [-0.39, 0.29) is 0 Å². The molecular weight excluding hydrogens is 220 g/mol. The minimum atomic E-state index is 1.03. The molecule has 2 rings (SSSR count). The maximum atomic E-state index is 3.65. The zero-order valence-electron chi connectivity index (χ0n) is 10.8. The van der Waals surface area contributed by atoms with Gasteiger partial charge < -0.3 is 4.98 Å². The minimum Gasteiger partial charge on any atom is -0.361 e. The second-order valence-corrected chi connectivity index (χ2v) is 3.76. The summed E-state index contributed by atoms with van der Waals surface area (Å²) in [6.45, 7) is 10.9. The van der Waals surface area contributed by atoms with Crippen molar-refractivity contribution in [1.82, 2.24) is 4.98 Å². The molecule has 0 aromatic carbocycles. The molecule has 0 unspecified atom stereocenters. The first-order valence-corrected chi connectivity index (χ1v) is 5.71. The number of aryl methyl sites for hydroxylation is 1. The van der Waals surface area contributed by atoms with E-state index in [2.05, 4.69) is 24.7 Å². The lowest BCUT2D eigenvalue weighted by Crippen LogP contribution is -2.25. The summed E-state index contributed by atoms with van der Waals surface area (Å²) in [5, 5.41) is 0. The van der Waals surface area contributed by atoms with E-state index in [9.17, 15) is 0 Å². The van der Waals surface area contributed by atoms with Gasteiger partial charge in [0.1, 0.15) is 7.05 Å². The molecular formula is C16H19N2+. The Balaban J connectivity index is 0.000000180. The molecule has 2 aromatic rings. The topological polar surface area (TPSA) is 19.7 Å². The monoisotopic (exact) mass is 239 g/mol. The van der Waals surface area contributed by atoms with Crippen molar-refractivity contribution in [3.05, 3.63) is 73.3 Å². The zero-order chi connectivity index (χ0) is 13.4. The number of aromatic amines is 1. The van der Waals surface area contributed by atoms with Gasteiger partial charge in [0.25, 0.3) is 0 Å². The highest BCUT2D eigenvalue weighted by atomic mass is 14.9. The fraction of sp³-hybridized carbons (Fsp3) is 0.0625. The van der Waals surface area contributed by atoms with Crippen molar-refractivity contribution >= 4 is 18.2 Å². The highest BCUT2D eigenvalue weighted by molar-refractivity contribution is 5.60. The molecule has 0 bridgehead atoms. The van der Waals surface area contributed by atoms with Gasteiger partial charge >= 0.3 is 0 Å². The first-order chi connectivity index (χ1) is 8.71. The molecule has 0 saturated heterocycles. The number of H-pyrrole nitrogens is 1. The van der Waals surface area contributed by atoms with Crippen molar-refractivity contribution in [2.24, 2.45) is 7.05 Å². The van der Waals surface area contributed by atoms with Crippen molar-refractivity contribution < 1.29 is 4.57 Å². The summed E-state index contributed by atoms with van der Waals surface area (Å²) >= 11 is 0. The largest absolute Gasteiger partial charge is 0.361 e. The molecule has 2 heterocycles. The summed E-state index contributed by atoms with van der Waals surface area (Å²) in [7, 11) is 1.99. The number of aromatic nitrogens is 2. The Bertz CT molecular complexity index is 496. The van der Waals surface area contributed by atoms with Gasteiger partial charge in [-0.2, -0.15) is 0 Å². The van der Waals surface area contributed by atoms with Crippen molar-refractivity contribution in [3.8, 4) is 0 Å². The maximum Gasteiger partial charge on any atom is 0.169 e. The van der Waals surface area contributed by atoms with Gasteiger partial charge in [-0.15, -0.1) is 0 Å². The van der Waals surface area contributed by atoms with Gasteiger partial charge in [0.05, 0.1) is 0 Å². The standard InChI is InChI=1S/C8H10N.C8H9N/c1-3-8-4-6-9(2)7-5-8;1-3-7-5-6-9-8(7)4-2/h3-7H,1H2,2H3;3-6,9H,1-2H2/q+1;. The molecule has 2 aromatic heterocycles. The average Bonchev–Trinajstić information content (AvgIpc) is 2.88. The highest BCUT2D eigenvalue weighted by Gasteiger charge is 1.91. The Morgan fingerprint density at radius 2 is 1.67 bits per heavy atom. The lowest BCUT2D eigenvalue weighted by molar-refractivity contribution is -0.671. The van der Waals surface area contributed by atoms with Gasteiger partial charge in [0.2, 0.25) is 0 Å². The van der Waals surface area contributed by atoms with Crippen LogP contribution in [0.15, 0.2) is 56.5 Å². The molecule has 2 heteroatoms. The third kappa shape index (κ3) is 3.91. The third-order valence-electron chi connectivity index (χ3n) is 2.48. The Morgan fingerprint density at radius 3 is 2.11 bits per heavy atom. The Morgan fingerprint density at radius 1 is 1.00 bits per heavy atom. The summed E-state index contributed by atoms with van der Waals surface area (Å²) in [4.78, 5) is 3.02. The summed E-state index contributed by atoms with van der Waals surface area (Å²) in [6, 6.07) is 6.00. The van der Waals surface area contributed by atoms with Crippen LogP contribution in [-0.4, -0.2) is 4.98 Å². The summed E-state index contributed by atoms with van der Waals surface area (Å²) < 4.78 is 1.99. The predicted octanol–water partition coefficient (Wildman–Crippen LogP) is 3.45. The van der Waals surface area contributed by atoms with E-state index in [1.54, 1.807) is 12.2 Å². The molecule has 0 amide bonds. The minimum absolute atomic E-state index is 1.03. The Kier molecular flexibility index (Phi) is 5.39. The van der Waals surface area contributed by atoms with E-state index < -0.39 is 0 Å². The van der Waals surface area contributed by atoms with Crippen LogP contribution in [0.1, 0.15) is 16.8 Å². The maximum absolute atomic E-state index is 3.65. The van der Waals surface area contributed by atoms with Crippen LogP contribution in [0, 0.1) is 0 Å². The lowest BCUT2D eigenvalue weighted by Gasteiger charge is -1.86. The molecule has 0 saturated carbocycles. The molecule has 92 valence electrons. The van der Waals surface area contributed by atoms with Gasteiger partial charge in [-0.3, -0.25) is 0 Å². The predicted molar refractivity (Wildman–Crippen MR) is 78.7 cm³/mol. The number of hydrogen-bond acceptors (Lipinski definition) is 0. The Labute approximate surface area is 109 Å². The molecule has 0 aliphatic rings. The van der Waals surface area contributed by atoms with Crippen molar-refractivity contribution in [2.75, 3.05) is 0 Å². The fourth-order valence-corrected chi connectivity index (χ4v) is 1.40. The van der Waals surface area contributed by atoms with E-state index in [0.717, 1.165) is 16.8 Å². The van der Waals surface area contributed by atoms with Crippen molar-refractivity contribution in [2.45, 2.75) is 0 Å². The number of hydrogen-bond donors (Lipinski definition) is 1. The summed E-state index contributed by atoms with van der Waals surface area (Å²) in [5.74, 6) is 0. The first kappa shape index (κ1) is 13.7. The second kappa shape index (κ2) is 7.07. The smallest absolute Gasteiger partial charge is 0.169 e. The van der Waals surface area contributed by atoms with Crippen LogP contribution in [0.3, 0.4) is 0 Å². The van der Waals surface area contributed by atoms with Crippen LogP contribution in [0.4, 0.5) is 0 Å². The van der Waals surface area contributed by atoms with Gasteiger partial charge in [0.15, 0.2) is 12.4 Å². The Hall–Kier alpha value is -2.35. The molecule has 18 heavy (non-hydrogen) atoms. The van der Waals surface area contributed by atoms with E-state index in [1.807, 2.05) is 54.5 Å². The molecule has 2 nitrogen and oxygen atoms in total. The SMILES string of the molecule is C=Cc1cc[n+](C)cc1.C=Cc1cc[nH]c1C=C. The number of rotatable bonds is 3. The quantitative estimate of drug-likeness (QED) is 0.791. The molecule has 0 aliphatic carbocycles. The van der Waals surface area contributed by atoms with Gasteiger partial charge in [-0.05, 0) is 23.3 Å². The van der Waals surface area contributed by atoms with E-state index in [4.69, 9.17) is 0 Å². The number of pyridine rings is 1. The van der Waals surface area contributed by atoms with Crippen LogP contribution >= 0.6 is 0 Å². The molecule has 0 fully saturated rings. The highest BCUT2D eigenvalue weighted by Crippen LogP contribution is 2.07. The zero-order valence-corrected chi connectivity index (χ0v) is 10.8. The fourth-order valence-electron chi connectivity index (χ4n) is 1.40. The van der Waals surface area contributed by atoms with Crippen LogP contribution < -0.4 is 4.57 Å².